The second-order valence-corrected chi connectivity index (χ2v) is 12.5. The number of anilines is 1. The number of aliphatic hydroxyl groups excluding tert-OH is 1. The number of aromatic nitrogens is 4. The number of aliphatic hydroxyl groups is 1. The van der Waals surface area contributed by atoms with Gasteiger partial charge in [-0.2, -0.15) is 0 Å². The summed E-state index contributed by atoms with van der Waals surface area (Å²) >= 11 is 2.54. The van der Waals surface area contributed by atoms with Crippen molar-refractivity contribution in [2.45, 2.75) is 43.3 Å². The fourth-order valence-electron chi connectivity index (χ4n) is 5.10. The molecule has 1 unspecified atom stereocenters. The number of pyridine rings is 1. The first-order chi connectivity index (χ1) is 21.3. The second-order valence-electron chi connectivity index (χ2n) is 10.3. The van der Waals surface area contributed by atoms with Crippen LogP contribution in [0.2, 0.25) is 0 Å². The molecule has 1 amide bonds. The molecule has 0 spiro atoms. The molecule has 4 heterocycles. The maximum Gasteiger partial charge on any atom is 0.301 e. The van der Waals surface area contributed by atoms with Gasteiger partial charge in [0.15, 0.2) is 10.1 Å². The van der Waals surface area contributed by atoms with Gasteiger partial charge in [-0.15, -0.1) is 10.2 Å². The van der Waals surface area contributed by atoms with E-state index in [0.717, 1.165) is 28.9 Å². The second kappa shape index (κ2) is 12.2. The van der Waals surface area contributed by atoms with Crippen molar-refractivity contribution in [3.8, 4) is 5.75 Å². The number of Topliss-reactive ketones (excluding diaryl/α,β-unsaturated/α-hetero) is 1. The summed E-state index contributed by atoms with van der Waals surface area (Å²) in [7, 11) is 0. The summed E-state index contributed by atoms with van der Waals surface area (Å²) in [6.45, 7) is 6.20. The Kier molecular flexibility index (Phi) is 8.19. The highest BCUT2D eigenvalue weighted by atomic mass is 32.2. The molecule has 3 aromatic heterocycles. The topological polar surface area (TPSA) is 110 Å². The summed E-state index contributed by atoms with van der Waals surface area (Å²) in [4.78, 5) is 33.4. The largest absolute Gasteiger partial charge is 0.505 e. The number of fused-ring (bicyclic) bond motifs is 1. The number of benzene rings is 2. The zero-order valence-electron chi connectivity index (χ0n) is 24.2. The van der Waals surface area contributed by atoms with Crippen LogP contribution in [0.3, 0.4) is 0 Å². The van der Waals surface area contributed by atoms with Gasteiger partial charge >= 0.3 is 5.91 Å². The lowest BCUT2D eigenvalue weighted by molar-refractivity contribution is -0.132. The number of thioether (sulfide) groups is 1. The molecule has 1 fully saturated rings. The molecule has 224 valence electrons. The number of carbonyl (C=O) groups is 2. The predicted octanol–water partition coefficient (Wildman–Crippen LogP) is 6.65. The summed E-state index contributed by atoms with van der Waals surface area (Å²) < 4.78 is 21.6. The van der Waals surface area contributed by atoms with Crippen LogP contribution in [0.5, 0.6) is 5.75 Å². The van der Waals surface area contributed by atoms with Gasteiger partial charge in [-0.25, -0.2) is 9.37 Å². The van der Waals surface area contributed by atoms with Gasteiger partial charge in [-0.3, -0.25) is 14.5 Å². The van der Waals surface area contributed by atoms with Gasteiger partial charge in [0.05, 0.1) is 23.9 Å². The summed E-state index contributed by atoms with van der Waals surface area (Å²) in [6.07, 6.45) is 2.64. The molecule has 1 N–H and O–H groups in total. The van der Waals surface area contributed by atoms with E-state index in [-0.39, 0.29) is 28.0 Å². The van der Waals surface area contributed by atoms with Crippen molar-refractivity contribution >= 4 is 51.3 Å². The van der Waals surface area contributed by atoms with E-state index >= 15 is 0 Å². The SMILES string of the molecule is CCCOc1cccc(C2C(=C(O)c3nc4c(C)cccn4c3C)C(=O)C(=O)N2c2nnc(SCc3ccc(F)cc3)s2)c1. The Labute approximate surface area is 261 Å². The zero-order valence-corrected chi connectivity index (χ0v) is 25.8. The maximum absolute atomic E-state index is 13.7. The van der Waals surface area contributed by atoms with Gasteiger partial charge in [-0.1, -0.05) is 60.4 Å². The molecule has 5 aromatic rings. The number of rotatable bonds is 9. The van der Waals surface area contributed by atoms with Crippen molar-refractivity contribution in [3.05, 3.63) is 106 Å². The Hall–Kier alpha value is -4.55. The van der Waals surface area contributed by atoms with E-state index in [4.69, 9.17) is 4.74 Å². The van der Waals surface area contributed by atoms with Crippen LogP contribution in [0, 0.1) is 19.7 Å². The van der Waals surface area contributed by atoms with Crippen LogP contribution in [-0.2, 0) is 15.3 Å². The Morgan fingerprint density at radius 2 is 1.89 bits per heavy atom. The number of carbonyl (C=O) groups excluding carboxylic acids is 2. The molecule has 0 radical (unpaired) electrons. The summed E-state index contributed by atoms with van der Waals surface area (Å²) in [6, 6.07) is 16.1. The lowest BCUT2D eigenvalue weighted by atomic mass is 9.96. The Morgan fingerprint density at radius 3 is 2.64 bits per heavy atom. The molecule has 6 rings (SSSR count). The molecule has 0 aliphatic carbocycles. The molecular formula is C32H28FN5O4S2. The Morgan fingerprint density at radius 1 is 1.09 bits per heavy atom. The highest BCUT2D eigenvalue weighted by molar-refractivity contribution is 8.00. The first kappa shape index (κ1) is 29.5. The highest BCUT2D eigenvalue weighted by Gasteiger charge is 2.49. The number of aryl methyl sites for hydroxylation is 2. The number of halogens is 1. The summed E-state index contributed by atoms with van der Waals surface area (Å²) in [5, 5.41) is 20.5. The third-order valence-electron chi connectivity index (χ3n) is 7.28. The Balaban J connectivity index is 1.44. The number of ether oxygens (including phenoxy) is 1. The number of hydrogen-bond acceptors (Lipinski definition) is 9. The third-order valence-corrected chi connectivity index (χ3v) is 9.40. The molecule has 2 aromatic carbocycles. The van der Waals surface area contributed by atoms with E-state index in [1.165, 1.54) is 28.8 Å². The molecule has 12 heteroatoms. The first-order valence-corrected chi connectivity index (χ1v) is 15.8. The number of hydrogen-bond donors (Lipinski definition) is 1. The maximum atomic E-state index is 13.7. The fourth-order valence-corrected chi connectivity index (χ4v) is 6.92. The molecule has 1 aliphatic rings. The summed E-state index contributed by atoms with van der Waals surface area (Å²) in [5.74, 6) is -1.28. The van der Waals surface area contributed by atoms with Crippen molar-refractivity contribution in [3.63, 3.8) is 0 Å². The highest BCUT2D eigenvalue weighted by Crippen LogP contribution is 2.45. The minimum Gasteiger partial charge on any atom is -0.505 e. The van der Waals surface area contributed by atoms with Gasteiger partial charge in [0.25, 0.3) is 5.78 Å². The fraction of sp³-hybridized carbons (Fsp3) is 0.219. The average Bonchev–Trinajstić information content (AvgIpc) is 3.71. The predicted molar refractivity (Wildman–Crippen MR) is 168 cm³/mol. The molecule has 44 heavy (non-hydrogen) atoms. The van der Waals surface area contributed by atoms with Crippen LogP contribution in [0.15, 0.2) is 76.8 Å². The van der Waals surface area contributed by atoms with Crippen LogP contribution >= 0.6 is 23.1 Å². The monoisotopic (exact) mass is 629 g/mol. The number of ketones is 1. The van der Waals surface area contributed by atoms with Crippen molar-refractivity contribution < 1.29 is 23.8 Å². The molecule has 9 nitrogen and oxygen atoms in total. The van der Waals surface area contributed by atoms with E-state index in [1.807, 2.05) is 36.6 Å². The van der Waals surface area contributed by atoms with Crippen molar-refractivity contribution in [1.29, 1.82) is 0 Å². The van der Waals surface area contributed by atoms with Crippen LogP contribution < -0.4 is 9.64 Å². The molecule has 1 atom stereocenters. The van der Waals surface area contributed by atoms with Gasteiger partial charge in [0.2, 0.25) is 5.13 Å². The van der Waals surface area contributed by atoms with Gasteiger partial charge < -0.3 is 14.2 Å². The smallest absolute Gasteiger partial charge is 0.301 e. The first-order valence-electron chi connectivity index (χ1n) is 14.0. The van der Waals surface area contributed by atoms with Crippen molar-refractivity contribution in [2.75, 3.05) is 11.5 Å². The van der Waals surface area contributed by atoms with E-state index in [0.29, 0.717) is 39.4 Å². The number of nitrogens with zero attached hydrogens (tertiary/aromatic N) is 5. The minimum absolute atomic E-state index is 0.0949. The zero-order chi connectivity index (χ0) is 31.0. The molecule has 1 saturated heterocycles. The van der Waals surface area contributed by atoms with Crippen molar-refractivity contribution in [2.24, 2.45) is 0 Å². The minimum atomic E-state index is -1.01. The van der Waals surface area contributed by atoms with Crippen LogP contribution in [0.25, 0.3) is 11.4 Å². The number of imidazole rings is 1. The molecular weight excluding hydrogens is 602 g/mol. The number of amides is 1. The van der Waals surface area contributed by atoms with E-state index in [1.54, 1.807) is 43.3 Å². The molecule has 0 bridgehead atoms. The van der Waals surface area contributed by atoms with E-state index in [9.17, 15) is 19.1 Å². The van der Waals surface area contributed by atoms with Gasteiger partial charge in [-0.05, 0) is 67.3 Å². The standard InChI is InChI=1S/C32H28FN5O4S2/c1-4-15-42-23-9-5-8-21(16-23)26-24(27(39)25-19(3)37-14-6-7-18(2)29(37)34-25)28(40)30(41)38(26)31-35-36-32(44-31)43-17-20-10-12-22(33)13-11-20/h5-14,16,26,39H,4,15,17H2,1-3H3. The summed E-state index contributed by atoms with van der Waals surface area (Å²) in [5.41, 5.74) is 3.74. The van der Waals surface area contributed by atoms with Crippen molar-refractivity contribution in [1.82, 2.24) is 19.6 Å². The lowest BCUT2D eigenvalue weighted by Crippen LogP contribution is -2.29. The molecule has 0 saturated carbocycles. The van der Waals surface area contributed by atoms with E-state index < -0.39 is 17.7 Å². The quantitative estimate of drug-likeness (QED) is 0.0635. The van der Waals surface area contributed by atoms with Gasteiger partial charge in [0, 0.05) is 11.9 Å². The normalized spacial score (nSPS) is 16.3. The average molecular weight is 630 g/mol. The lowest BCUT2D eigenvalue weighted by Gasteiger charge is -2.23. The third kappa shape index (κ3) is 5.46. The van der Waals surface area contributed by atoms with Crippen LogP contribution in [0.4, 0.5) is 9.52 Å². The Bertz CT molecular complexity index is 1920. The molecule has 1 aliphatic heterocycles. The van der Waals surface area contributed by atoms with Crippen LogP contribution in [0.1, 0.15) is 47.5 Å². The van der Waals surface area contributed by atoms with Gasteiger partial charge in [0.1, 0.15) is 22.9 Å². The van der Waals surface area contributed by atoms with Crippen LogP contribution in [-0.4, -0.2) is 43.0 Å². The van der Waals surface area contributed by atoms with E-state index in [2.05, 4.69) is 15.2 Å².